The third kappa shape index (κ3) is 2.98. The van der Waals surface area contributed by atoms with Crippen molar-refractivity contribution in [1.82, 2.24) is 0 Å². The van der Waals surface area contributed by atoms with Crippen molar-refractivity contribution in [3.05, 3.63) is 52.0 Å². The van der Waals surface area contributed by atoms with Gasteiger partial charge in [0.05, 0.1) is 22.7 Å². The van der Waals surface area contributed by atoms with E-state index >= 15 is 0 Å². The van der Waals surface area contributed by atoms with Gasteiger partial charge in [-0.2, -0.15) is 0 Å². The van der Waals surface area contributed by atoms with Crippen molar-refractivity contribution < 1.29 is 14.6 Å². The third-order valence-electron chi connectivity index (χ3n) is 2.63. The fourth-order valence-corrected chi connectivity index (χ4v) is 2.02. The zero-order chi connectivity index (χ0) is 14.7. The number of nitrogens with one attached hydrogen (secondary N) is 1. The third-order valence-corrected chi connectivity index (χ3v) is 3.45. The van der Waals surface area contributed by atoms with Crippen LogP contribution in [0.2, 0.25) is 10.0 Å². The van der Waals surface area contributed by atoms with Crippen LogP contribution in [0.15, 0.2) is 36.4 Å². The lowest BCUT2D eigenvalue weighted by Crippen LogP contribution is -2.12. The first-order valence-electron chi connectivity index (χ1n) is 5.65. The van der Waals surface area contributed by atoms with Crippen molar-refractivity contribution in [1.29, 1.82) is 0 Å². The molecular weight excluding hydrogens is 301 g/mol. The zero-order valence-electron chi connectivity index (χ0n) is 10.5. The van der Waals surface area contributed by atoms with Gasteiger partial charge >= 0.3 is 0 Å². The van der Waals surface area contributed by atoms with Crippen LogP contribution in [0.3, 0.4) is 0 Å². The second kappa shape index (κ2) is 6.03. The number of amides is 1. The number of phenolic OH excluding ortho intramolecular Hbond substituents is 1. The van der Waals surface area contributed by atoms with Gasteiger partial charge in [-0.1, -0.05) is 29.3 Å². The average molecular weight is 312 g/mol. The van der Waals surface area contributed by atoms with Crippen LogP contribution in [-0.4, -0.2) is 18.1 Å². The molecule has 0 atom stereocenters. The van der Waals surface area contributed by atoms with Gasteiger partial charge in [0, 0.05) is 11.8 Å². The molecule has 0 aliphatic rings. The van der Waals surface area contributed by atoms with E-state index in [1.165, 1.54) is 19.2 Å². The predicted octanol–water partition coefficient (Wildman–Crippen LogP) is 3.96. The molecule has 0 spiro atoms. The fraction of sp³-hybridized carbons (Fsp3) is 0.0714. The maximum Gasteiger partial charge on any atom is 0.257 e. The summed E-state index contributed by atoms with van der Waals surface area (Å²) in [5, 5.41) is 12.6. The fourth-order valence-electron chi connectivity index (χ4n) is 1.63. The van der Waals surface area contributed by atoms with Gasteiger partial charge in [-0.3, -0.25) is 4.79 Å². The number of carbonyl (C=O) groups is 1. The summed E-state index contributed by atoms with van der Waals surface area (Å²) < 4.78 is 4.97. The number of phenols is 1. The minimum absolute atomic E-state index is 0.00807. The zero-order valence-corrected chi connectivity index (χ0v) is 12.0. The minimum Gasteiger partial charge on any atom is -0.504 e. The molecule has 2 rings (SSSR count). The Morgan fingerprint density at radius 3 is 2.70 bits per heavy atom. The van der Waals surface area contributed by atoms with Gasteiger partial charge in [-0.05, 0) is 24.3 Å². The van der Waals surface area contributed by atoms with E-state index < -0.39 is 5.91 Å². The highest BCUT2D eigenvalue weighted by atomic mass is 35.5. The van der Waals surface area contributed by atoms with Crippen LogP contribution in [-0.2, 0) is 0 Å². The maximum atomic E-state index is 12.1. The molecule has 1 amide bonds. The van der Waals surface area contributed by atoms with Crippen LogP contribution < -0.4 is 10.1 Å². The van der Waals surface area contributed by atoms with E-state index in [2.05, 4.69) is 5.32 Å². The largest absolute Gasteiger partial charge is 0.504 e. The Labute approximate surface area is 125 Å². The van der Waals surface area contributed by atoms with Crippen LogP contribution in [0.5, 0.6) is 11.5 Å². The molecule has 20 heavy (non-hydrogen) atoms. The molecule has 0 unspecified atom stereocenters. The Morgan fingerprint density at radius 1 is 1.25 bits per heavy atom. The van der Waals surface area contributed by atoms with E-state index in [1.807, 2.05) is 0 Å². The van der Waals surface area contributed by atoms with Gasteiger partial charge < -0.3 is 15.2 Å². The van der Waals surface area contributed by atoms with Crippen molar-refractivity contribution in [3.8, 4) is 11.5 Å². The summed E-state index contributed by atoms with van der Waals surface area (Å²) in [6.07, 6.45) is 0. The first-order valence-corrected chi connectivity index (χ1v) is 6.41. The summed E-state index contributed by atoms with van der Waals surface area (Å²) in [5.74, 6) is -0.142. The van der Waals surface area contributed by atoms with Gasteiger partial charge in [-0.15, -0.1) is 0 Å². The average Bonchev–Trinajstić information content (AvgIpc) is 2.43. The number of hydrogen-bond donors (Lipinski definition) is 2. The molecule has 4 nitrogen and oxygen atoms in total. The molecule has 0 saturated carbocycles. The molecule has 0 aliphatic heterocycles. The van der Waals surface area contributed by atoms with E-state index in [-0.39, 0.29) is 22.1 Å². The quantitative estimate of drug-likeness (QED) is 0.843. The lowest BCUT2D eigenvalue weighted by Gasteiger charge is -2.09. The number of methoxy groups -OCH3 is 1. The van der Waals surface area contributed by atoms with Crippen LogP contribution >= 0.6 is 23.2 Å². The summed E-state index contributed by atoms with van der Waals surface area (Å²) in [6.45, 7) is 0. The number of carbonyl (C=O) groups excluding carboxylic acids is 1. The van der Waals surface area contributed by atoms with E-state index in [9.17, 15) is 9.90 Å². The monoisotopic (exact) mass is 311 g/mol. The van der Waals surface area contributed by atoms with E-state index in [4.69, 9.17) is 27.9 Å². The molecule has 6 heteroatoms. The molecule has 2 N–H and O–H groups in total. The van der Waals surface area contributed by atoms with Crippen LogP contribution in [0.1, 0.15) is 10.4 Å². The van der Waals surface area contributed by atoms with Gasteiger partial charge in [0.25, 0.3) is 5.91 Å². The Kier molecular flexibility index (Phi) is 4.37. The van der Waals surface area contributed by atoms with Crippen molar-refractivity contribution in [2.45, 2.75) is 0 Å². The molecule has 2 aromatic rings. The van der Waals surface area contributed by atoms with E-state index in [0.717, 1.165) is 0 Å². The summed E-state index contributed by atoms with van der Waals surface area (Å²) in [6, 6.07) is 9.29. The minimum atomic E-state index is -0.398. The second-order valence-electron chi connectivity index (χ2n) is 3.94. The summed E-state index contributed by atoms with van der Waals surface area (Å²) >= 11 is 11.8. The standard InChI is InChI=1S/C14H11Cl2NO3/c1-20-12-7-8(5-6-11(12)18)17-14(19)9-3-2-4-10(15)13(9)16/h2-7,18H,1H3,(H,17,19). The van der Waals surface area contributed by atoms with Gasteiger partial charge in [0.15, 0.2) is 11.5 Å². The Bertz CT molecular complexity index is 659. The Morgan fingerprint density at radius 2 is 2.00 bits per heavy atom. The summed E-state index contributed by atoms with van der Waals surface area (Å²) in [5.41, 5.74) is 0.743. The Balaban J connectivity index is 2.26. The number of halogens is 2. The van der Waals surface area contributed by atoms with Crippen molar-refractivity contribution in [2.75, 3.05) is 12.4 Å². The number of benzene rings is 2. The maximum absolute atomic E-state index is 12.1. The first-order chi connectivity index (χ1) is 9.52. The molecule has 0 aliphatic carbocycles. The summed E-state index contributed by atoms with van der Waals surface area (Å²) in [4.78, 5) is 12.1. The van der Waals surface area contributed by atoms with E-state index in [1.54, 1.807) is 24.3 Å². The van der Waals surface area contributed by atoms with Crippen LogP contribution in [0.25, 0.3) is 0 Å². The molecule has 0 bridgehead atoms. The topological polar surface area (TPSA) is 58.6 Å². The van der Waals surface area contributed by atoms with E-state index in [0.29, 0.717) is 10.7 Å². The number of rotatable bonds is 3. The number of ether oxygens (including phenoxy) is 1. The van der Waals surface area contributed by atoms with Gasteiger partial charge in [0.2, 0.25) is 0 Å². The number of aromatic hydroxyl groups is 1. The Hall–Kier alpha value is -1.91. The molecule has 0 heterocycles. The summed E-state index contributed by atoms with van der Waals surface area (Å²) in [7, 11) is 1.43. The van der Waals surface area contributed by atoms with Gasteiger partial charge in [-0.25, -0.2) is 0 Å². The first kappa shape index (κ1) is 14.5. The van der Waals surface area contributed by atoms with Crippen LogP contribution in [0.4, 0.5) is 5.69 Å². The van der Waals surface area contributed by atoms with Gasteiger partial charge in [0.1, 0.15) is 0 Å². The normalized spacial score (nSPS) is 10.2. The highest BCUT2D eigenvalue weighted by molar-refractivity contribution is 6.44. The highest BCUT2D eigenvalue weighted by Gasteiger charge is 2.13. The molecular formula is C14H11Cl2NO3. The van der Waals surface area contributed by atoms with Crippen molar-refractivity contribution >= 4 is 34.8 Å². The highest BCUT2D eigenvalue weighted by Crippen LogP contribution is 2.30. The number of hydrogen-bond acceptors (Lipinski definition) is 3. The molecule has 0 radical (unpaired) electrons. The molecule has 0 saturated heterocycles. The second-order valence-corrected chi connectivity index (χ2v) is 4.73. The lowest BCUT2D eigenvalue weighted by atomic mass is 10.2. The van der Waals surface area contributed by atoms with Crippen LogP contribution in [0, 0.1) is 0 Å². The molecule has 0 aromatic heterocycles. The van der Waals surface area contributed by atoms with Crippen molar-refractivity contribution in [3.63, 3.8) is 0 Å². The smallest absolute Gasteiger partial charge is 0.257 e. The SMILES string of the molecule is COc1cc(NC(=O)c2cccc(Cl)c2Cl)ccc1O. The molecule has 104 valence electrons. The number of anilines is 1. The van der Waals surface area contributed by atoms with Crippen molar-refractivity contribution in [2.24, 2.45) is 0 Å². The molecule has 2 aromatic carbocycles. The predicted molar refractivity (Wildman–Crippen MR) is 79.1 cm³/mol. The molecule has 0 fully saturated rings. The lowest BCUT2D eigenvalue weighted by molar-refractivity contribution is 0.102.